The smallest absolute Gasteiger partial charge is 0.171 e. The molecule has 4 nitrogen and oxygen atoms in total. The minimum atomic E-state index is 0.119. The Morgan fingerprint density at radius 3 is 2.53 bits per heavy atom. The predicted octanol–water partition coefficient (Wildman–Crippen LogP) is 2.42. The van der Waals surface area contributed by atoms with E-state index in [0.717, 1.165) is 33.5 Å². The van der Waals surface area contributed by atoms with Crippen molar-refractivity contribution >= 4 is 28.4 Å². The van der Waals surface area contributed by atoms with Gasteiger partial charge in [0.05, 0.1) is 17.7 Å². The van der Waals surface area contributed by atoms with E-state index in [1.807, 2.05) is 44.4 Å². The monoisotopic (exact) mass is 253 g/mol. The lowest BCUT2D eigenvalue weighted by atomic mass is 9.93. The number of anilines is 1. The van der Waals surface area contributed by atoms with E-state index in [9.17, 15) is 4.79 Å². The summed E-state index contributed by atoms with van der Waals surface area (Å²) < 4.78 is 0. The van der Waals surface area contributed by atoms with Crippen molar-refractivity contribution in [2.75, 3.05) is 19.4 Å². The largest absolute Gasteiger partial charge is 0.391 e. The molecule has 1 aliphatic carbocycles. The first kappa shape index (κ1) is 11.7. The fourth-order valence-electron chi connectivity index (χ4n) is 2.51. The van der Waals surface area contributed by atoms with Crippen molar-refractivity contribution in [3.8, 4) is 0 Å². The molecule has 0 unspecified atom stereocenters. The Morgan fingerprint density at radius 1 is 1.11 bits per heavy atom. The number of fused-ring (bicyclic) bond motifs is 3. The fraction of sp³-hybridized carbons (Fsp3) is 0.200. The zero-order valence-corrected chi connectivity index (χ0v) is 10.9. The minimum Gasteiger partial charge on any atom is -0.391 e. The van der Waals surface area contributed by atoms with Crippen LogP contribution < -0.4 is 10.6 Å². The highest BCUT2D eigenvalue weighted by Gasteiger charge is 2.23. The summed E-state index contributed by atoms with van der Waals surface area (Å²) in [4.78, 5) is 16.9. The molecule has 1 aliphatic rings. The fourth-order valence-corrected chi connectivity index (χ4v) is 2.51. The molecule has 0 fully saturated rings. The number of ketones is 1. The van der Waals surface area contributed by atoms with Crippen LogP contribution in [-0.2, 0) is 0 Å². The van der Waals surface area contributed by atoms with E-state index >= 15 is 0 Å². The first-order valence-electron chi connectivity index (χ1n) is 6.26. The van der Waals surface area contributed by atoms with Crippen molar-refractivity contribution in [3.05, 3.63) is 41.2 Å². The molecule has 2 aromatic rings. The molecule has 0 radical (unpaired) electrons. The summed E-state index contributed by atoms with van der Waals surface area (Å²) in [6.45, 7) is 0. The molecule has 0 bridgehead atoms. The van der Waals surface area contributed by atoms with Crippen LogP contribution in [0.1, 0.15) is 22.5 Å². The topological polar surface area (TPSA) is 54.0 Å². The molecule has 19 heavy (non-hydrogen) atoms. The summed E-state index contributed by atoms with van der Waals surface area (Å²) in [5, 5.41) is 8.09. The lowest BCUT2D eigenvalue weighted by molar-refractivity contribution is 0.0991. The van der Waals surface area contributed by atoms with E-state index in [1.165, 1.54) is 0 Å². The van der Waals surface area contributed by atoms with Crippen LogP contribution in [0.3, 0.4) is 0 Å². The van der Waals surface area contributed by atoms with Crippen molar-refractivity contribution in [2.24, 2.45) is 0 Å². The molecule has 0 spiro atoms. The highest BCUT2D eigenvalue weighted by molar-refractivity contribution is 6.14. The van der Waals surface area contributed by atoms with Gasteiger partial charge in [0.2, 0.25) is 0 Å². The molecule has 0 amide bonds. The molecule has 1 aromatic carbocycles. The molecular formula is C15H15N3O. The Morgan fingerprint density at radius 2 is 1.84 bits per heavy atom. The molecule has 0 saturated carbocycles. The number of Topliss-reactive ketones (excluding diaryl/α,β-unsaturated/α-hetero) is 1. The summed E-state index contributed by atoms with van der Waals surface area (Å²) in [5.74, 6) is 0.920. The van der Waals surface area contributed by atoms with Gasteiger partial charge in [-0.1, -0.05) is 24.3 Å². The first-order valence-corrected chi connectivity index (χ1v) is 6.26. The van der Waals surface area contributed by atoms with Gasteiger partial charge < -0.3 is 10.6 Å². The van der Waals surface area contributed by atoms with Crippen molar-refractivity contribution in [2.45, 2.75) is 6.42 Å². The zero-order valence-electron chi connectivity index (χ0n) is 10.9. The Hall–Kier alpha value is -2.36. The second-order valence-corrected chi connectivity index (χ2v) is 4.54. The number of hydrogen-bond acceptors (Lipinski definition) is 4. The molecule has 3 rings (SSSR count). The summed E-state index contributed by atoms with van der Waals surface area (Å²) in [7, 11) is 3.67. The molecule has 1 heterocycles. The molecule has 2 N–H and O–H groups in total. The van der Waals surface area contributed by atoms with Crippen LogP contribution in [-0.4, -0.2) is 24.9 Å². The second kappa shape index (κ2) is 4.39. The number of aromatic nitrogens is 1. The van der Waals surface area contributed by atoms with E-state index in [-0.39, 0.29) is 5.78 Å². The van der Waals surface area contributed by atoms with Gasteiger partial charge in [-0.15, -0.1) is 0 Å². The third-order valence-electron chi connectivity index (χ3n) is 3.44. The molecule has 96 valence electrons. The molecule has 0 saturated heterocycles. The third-order valence-corrected chi connectivity index (χ3v) is 3.44. The molecule has 0 aliphatic heterocycles. The maximum atomic E-state index is 12.3. The Kier molecular flexibility index (Phi) is 2.71. The van der Waals surface area contributed by atoms with E-state index in [4.69, 9.17) is 0 Å². The van der Waals surface area contributed by atoms with Crippen molar-refractivity contribution in [1.29, 1.82) is 0 Å². The maximum Gasteiger partial charge on any atom is 0.171 e. The van der Waals surface area contributed by atoms with E-state index in [0.29, 0.717) is 6.42 Å². The number of allylic oxidation sites excluding steroid dienone is 1. The van der Waals surface area contributed by atoms with Crippen molar-refractivity contribution in [1.82, 2.24) is 10.3 Å². The highest BCUT2D eigenvalue weighted by atomic mass is 16.1. The maximum absolute atomic E-state index is 12.3. The Bertz CT molecular complexity index is 704. The number of pyridine rings is 1. The third kappa shape index (κ3) is 1.76. The average Bonchev–Trinajstić information content (AvgIpc) is 2.45. The summed E-state index contributed by atoms with van der Waals surface area (Å²) in [6, 6.07) is 7.87. The Balaban J connectivity index is 2.38. The van der Waals surface area contributed by atoms with Crippen molar-refractivity contribution < 1.29 is 4.79 Å². The molecular weight excluding hydrogens is 238 g/mol. The number of hydrogen-bond donors (Lipinski definition) is 2. The van der Waals surface area contributed by atoms with Crippen LogP contribution in [0.2, 0.25) is 0 Å². The number of carbonyl (C=O) groups is 1. The van der Waals surface area contributed by atoms with Gasteiger partial charge in [0, 0.05) is 25.2 Å². The summed E-state index contributed by atoms with van der Waals surface area (Å²) in [6.07, 6.45) is 2.36. The van der Waals surface area contributed by atoms with Gasteiger partial charge in [0.1, 0.15) is 5.82 Å². The Labute approximate surface area is 111 Å². The first-order chi connectivity index (χ1) is 9.24. The second-order valence-electron chi connectivity index (χ2n) is 4.54. The summed E-state index contributed by atoms with van der Waals surface area (Å²) >= 11 is 0. The number of carbonyl (C=O) groups excluding carboxylic acids is 1. The van der Waals surface area contributed by atoms with Crippen LogP contribution in [0.15, 0.2) is 30.0 Å². The van der Waals surface area contributed by atoms with Crippen LogP contribution in [0, 0.1) is 0 Å². The van der Waals surface area contributed by atoms with Gasteiger partial charge in [-0.2, -0.15) is 0 Å². The van der Waals surface area contributed by atoms with Crippen LogP contribution in [0.4, 0.5) is 5.82 Å². The quantitative estimate of drug-likeness (QED) is 0.863. The number of rotatable bonds is 2. The zero-order chi connectivity index (χ0) is 13.4. The summed E-state index contributed by atoms with van der Waals surface area (Å²) in [5.41, 5.74) is 2.37. The molecule has 4 heteroatoms. The van der Waals surface area contributed by atoms with Crippen LogP contribution >= 0.6 is 0 Å². The lowest BCUT2D eigenvalue weighted by Gasteiger charge is -2.18. The van der Waals surface area contributed by atoms with Crippen LogP contribution in [0.25, 0.3) is 16.8 Å². The van der Waals surface area contributed by atoms with Gasteiger partial charge in [-0.05, 0) is 11.5 Å². The van der Waals surface area contributed by atoms with Gasteiger partial charge >= 0.3 is 0 Å². The highest BCUT2D eigenvalue weighted by Crippen LogP contribution is 2.32. The van der Waals surface area contributed by atoms with Gasteiger partial charge in [0.25, 0.3) is 0 Å². The van der Waals surface area contributed by atoms with Crippen molar-refractivity contribution in [3.63, 3.8) is 0 Å². The van der Waals surface area contributed by atoms with E-state index < -0.39 is 0 Å². The molecule has 0 atom stereocenters. The average molecular weight is 253 g/mol. The van der Waals surface area contributed by atoms with Crippen LogP contribution in [0.5, 0.6) is 0 Å². The number of nitrogens with zero attached hydrogens (tertiary/aromatic N) is 1. The predicted molar refractivity (Wildman–Crippen MR) is 77.3 cm³/mol. The van der Waals surface area contributed by atoms with Gasteiger partial charge in [0.15, 0.2) is 5.78 Å². The standard InChI is InChI=1S/C15H15N3O/c1-16-9-7-12-14(13(19)8-9)10-5-3-4-6-11(10)15(17-2)18-12/h3-7,16H,8H2,1-2H3,(H,17,18). The SMILES string of the molecule is CNC1=Cc2nc(NC)c3ccccc3c2C(=O)C1. The number of benzene rings is 1. The minimum absolute atomic E-state index is 0.119. The molecule has 1 aromatic heterocycles. The van der Waals surface area contributed by atoms with Gasteiger partial charge in [-0.25, -0.2) is 4.98 Å². The number of nitrogens with one attached hydrogen (secondary N) is 2. The van der Waals surface area contributed by atoms with Gasteiger partial charge in [-0.3, -0.25) is 4.79 Å². The normalized spacial score (nSPS) is 14.0. The lowest BCUT2D eigenvalue weighted by Crippen LogP contribution is -2.18. The van der Waals surface area contributed by atoms with E-state index in [2.05, 4.69) is 15.6 Å². The van der Waals surface area contributed by atoms with E-state index in [1.54, 1.807) is 0 Å².